The summed E-state index contributed by atoms with van der Waals surface area (Å²) < 4.78 is 0. The molecule has 3 nitrogen and oxygen atoms in total. The van der Waals surface area contributed by atoms with Crippen LogP contribution < -0.4 is 5.32 Å². The molecule has 0 aromatic rings. The van der Waals surface area contributed by atoms with E-state index in [1.165, 1.54) is 25.9 Å². The highest BCUT2D eigenvalue weighted by atomic mass is 32.1. The van der Waals surface area contributed by atoms with E-state index in [-0.39, 0.29) is 0 Å². The Labute approximate surface area is 92.4 Å². The number of likely N-dealkylation sites (N-methyl/N-ethyl adjacent to an activating group) is 1. The molecular weight excluding hydrogens is 194 g/mol. The third-order valence-corrected chi connectivity index (χ3v) is 3.08. The van der Waals surface area contributed by atoms with E-state index in [9.17, 15) is 0 Å². The summed E-state index contributed by atoms with van der Waals surface area (Å²) in [6.45, 7) is 7.69. The minimum absolute atomic E-state index is 0.867. The second-order valence-electron chi connectivity index (χ2n) is 3.81. The average molecular weight is 215 g/mol. The standard InChI is InChI=1S/C10H21N3S/c1-3-11-10(14)12(2)8-9-13-6-4-5-7-13/h3-9H2,1-2H3,(H,11,14). The fourth-order valence-corrected chi connectivity index (χ4v) is 1.92. The third-order valence-electron chi connectivity index (χ3n) is 2.63. The van der Waals surface area contributed by atoms with Gasteiger partial charge in [-0.2, -0.15) is 0 Å². The van der Waals surface area contributed by atoms with Crippen LogP contribution in [0.5, 0.6) is 0 Å². The van der Waals surface area contributed by atoms with Gasteiger partial charge in [0.2, 0.25) is 0 Å². The van der Waals surface area contributed by atoms with Gasteiger partial charge in [0, 0.05) is 26.7 Å². The van der Waals surface area contributed by atoms with E-state index >= 15 is 0 Å². The zero-order valence-corrected chi connectivity index (χ0v) is 10.1. The van der Waals surface area contributed by atoms with Gasteiger partial charge in [0.25, 0.3) is 0 Å². The Morgan fingerprint density at radius 1 is 1.43 bits per heavy atom. The van der Waals surface area contributed by atoms with Crippen molar-refractivity contribution in [2.45, 2.75) is 19.8 Å². The number of nitrogens with zero attached hydrogens (tertiary/aromatic N) is 2. The van der Waals surface area contributed by atoms with Crippen LogP contribution in [0.3, 0.4) is 0 Å². The maximum atomic E-state index is 5.21. The monoisotopic (exact) mass is 215 g/mol. The molecule has 0 saturated carbocycles. The van der Waals surface area contributed by atoms with E-state index in [1.54, 1.807) is 0 Å². The molecule has 1 N–H and O–H groups in total. The van der Waals surface area contributed by atoms with Crippen LogP contribution in [-0.4, -0.2) is 54.7 Å². The van der Waals surface area contributed by atoms with Crippen LogP contribution in [0.25, 0.3) is 0 Å². The molecule has 0 bridgehead atoms. The molecule has 0 aliphatic carbocycles. The highest BCUT2D eigenvalue weighted by Gasteiger charge is 2.12. The van der Waals surface area contributed by atoms with Gasteiger partial charge in [-0.15, -0.1) is 0 Å². The third kappa shape index (κ3) is 3.80. The van der Waals surface area contributed by atoms with Crippen molar-refractivity contribution in [3.8, 4) is 0 Å². The molecule has 1 heterocycles. The first-order valence-electron chi connectivity index (χ1n) is 5.45. The SMILES string of the molecule is CCNC(=S)N(C)CCN1CCCC1. The summed E-state index contributed by atoms with van der Waals surface area (Å²) in [6.07, 6.45) is 2.72. The van der Waals surface area contributed by atoms with Crippen molar-refractivity contribution >= 4 is 17.3 Å². The molecule has 0 atom stereocenters. The van der Waals surface area contributed by atoms with Crippen molar-refractivity contribution in [2.75, 3.05) is 39.8 Å². The lowest BCUT2D eigenvalue weighted by Gasteiger charge is -2.23. The Morgan fingerprint density at radius 2 is 2.07 bits per heavy atom. The van der Waals surface area contributed by atoms with Crippen LogP contribution in [0, 0.1) is 0 Å². The van der Waals surface area contributed by atoms with Gasteiger partial charge >= 0.3 is 0 Å². The molecule has 1 saturated heterocycles. The van der Waals surface area contributed by atoms with E-state index in [0.717, 1.165) is 24.7 Å². The maximum Gasteiger partial charge on any atom is 0.168 e. The number of thiocarbonyl (C=S) groups is 1. The zero-order chi connectivity index (χ0) is 10.4. The van der Waals surface area contributed by atoms with E-state index in [4.69, 9.17) is 12.2 Å². The molecule has 4 heteroatoms. The minimum Gasteiger partial charge on any atom is -0.363 e. The van der Waals surface area contributed by atoms with Crippen molar-refractivity contribution in [2.24, 2.45) is 0 Å². The van der Waals surface area contributed by atoms with Crippen molar-refractivity contribution < 1.29 is 0 Å². The maximum absolute atomic E-state index is 5.21. The number of likely N-dealkylation sites (tertiary alicyclic amines) is 1. The number of hydrogen-bond donors (Lipinski definition) is 1. The Bertz CT molecular complexity index is 178. The van der Waals surface area contributed by atoms with Gasteiger partial charge in [-0.1, -0.05) is 0 Å². The van der Waals surface area contributed by atoms with E-state index in [0.29, 0.717) is 0 Å². The van der Waals surface area contributed by atoms with E-state index in [2.05, 4.69) is 29.1 Å². The molecule has 82 valence electrons. The average Bonchev–Trinajstić information content (AvgIpc) is 2.67. The van der Waals surface area contributed by atoms with Gasteiger partial charge in [0.05, 0.1) is 0 Å². The molecule has 1 aliphatic heterocycles. The molecule has 0 aromatic carbocycles. The summed E-state index contributed by atoms with van der Waals surface area (Å²) in [5.74, 6) is 0. The summed E-state index contributed by atoms with van der Waals surface area (Å²) in [5, 5.41) is 4.03. The lowest BCUT2D eigenvalue weighted by molar-refractivity contribution is 0.306. The topological polar surface area (TPSA) is 18.5 Å². The van der Waals surface area contributed by atoms with E-state index in [1.807, 2.05) is 0 Å². The molecular formula is C10H21N3S. The molecule has 0 aromatic heterocycles. The normalized spacial score (nSPS) is 17.0. The predicted molar refractivity (Wildman–Crippen MR) is 64.6 cm³/mol. The van der Waals surface area contributed by atoms with Gasteiger partial charge < -0.3 is 15.1 Å². The van der Waals surface area contributed by atoms with Gasteiger partial charge in [-0.25, -0.2) is 0 Å². The van der Waals surface area contributed by atoms with Crippen LogP contribution in [0.1, 0.15) is 19.8 Å². The quantitative estimate of drug-likeness (QED) is 0.702. The van der Waals surface area contributed by atoms with Crippen molar-refractivity contribution in [3.05, 3.63) is 0 Å². The number of hydrogen-bond acceptors (Lipinski definition) is 2. The lowest BCUT2D eigenvalue weighted by Crippen LogP contribution is -2.40. The fraction of sp³-hybridized carbons (Fsp3) is 0.900. The molecule has 1 rings (SSSR count). The fourth-order valence-electron chi connectivity index (χ4n) is 1.69. The lowest BCUT2D eigenvalue weighted by atomic mass is 10.4. The highest BCUT2D eigenvalue weighted by molar-refractivity contribution is 7.80. The largest absolute Gasteiger partial charge is 0.363 e. The van der Waals surface area contributed by atoms with Crippen molar-refractivity contribution in [3.63, 3.8) is 0 Å². The van der Waals surface area contributed by atoms with Gasteiger partial charge in [-0.05, 0) is 45.1 Å². The smallest absolute Gasteiger partial charge is 0.168 e. The van der Waals surface area contributed by atoms with Crippen LogP contribution in [0.4, 0.5) is 0 Å². The highest BCUT2D eigenvalue weighted by Crippen LogP contribution is 2.06. The number of nitrogens with one attached hydrogen (secondary N) is 1. The summed E-state index contributed by atoms with van der Waals surface area (Å²) in [5.41, 5.74) is 0. The summed E-state index contributed by atoms with van der Waals surface area (Å²) in [4.78, 5) is 4.63. The minimum atomic E-state index is 0.867. The first-order valence-corrected chi connectivity index (χ1v) is 5.86. The molecule has 1 fully saturated rings. The first kappa shape index (κ1) is 11.7. The molecule has 0 amide bonds. The predicted octanol–water partition coefficient (Wildman–Crippen LogP) is 0.908. The molecule has 0 radical (unpaired) electrons. The van der Waals surface area contributed by atoms with Crippen molar-refractivity contribution in [1.82, 2.24) is 15.1 Å². The number of rotatable bonds is 4. The van der Waals surface area contributed by atoms with Crippen LogP contribution in [0.15, 0.2) is 0 Å². The Kier molecular flexibility index (Phi) is 5.19. The van der Waals surface area contributed by atoms with Gasteiger partial charge in [0.15, 0.2) is 5.11 Å². The summed E-state index contributed by atoms with van der Waals surface area (Å²) >= 11 is 5.21. The van der Waals surface area contributed by atoms with Crippen molar-refractivity contribution in [1.29, 1.82) is 0 Å². The van der Waals surface area contributed by atoms with Gasteiger partial charge in [-0.3, -0.25) is 0 Å². The zero-order valence-electron chi connectivity index (χ0n) is 9.25. The Hall–Kier alpha value is -0.350. The molecule has 0 spiro atoms. The first-order chi connectivity index (χ1) is 6.74. The van der Waals surface area contributed by atoms with Crippen LogP contribution in [-0.2, 0) is 0 Å². The summed E-state index contributed by atoms with van der Waals surface area (Å²) in [6, 6.07) is 0. The Morgan fingerprint density at radius 3 is 2.64 bits per heavy atom. The second-order valence-corrected chi connectivity index (χ2v) is 4.19. The van der Waals surface area contributed by atoms with Gasteiger partial charge in [0.1, 0.15) is 0 Å². The van der Waals surface area contributed by atoms with E-state index < -0.39 is 0 Å². The molecule has 1 aliphatic rings. The Balaban J connectivity index is 2.13. The van der Waals surface area contributed by atoms with Crippen LogP contribution in [0.2, 0.25) is 0 Å². The summed E-state index contributed by atoms with van der Waals surface area (Å²) in [7, 11) is 2.06. The second kappa shape index (κ2) is 6.19. The molecule has 0 unspecified atom stereocenters. The van der Waals surface area contributed by atoms with Crippen LogP contribution >= 0.6 is 12.2 Å². The molecule has 14 heavy (non-hydrogen) atoms.